The molecule has 1 spiro atoms. The summed E-state index contributed by atoms with van der Waals surface area (Å²) in [5.74, 6) is -0.241. The van der Waals surface area contributed by atoms with Crippen molar-refractivity contribution < 1.29 is 9.59 Å². The summed E-state index contributed by atoms with van der Waals surface area (Å²) in [6.45, 7) is 0. The van der Waals surface area contributed by atoms with E-state index in [-0.39, 0.29) is 5.91 Å². The maximum atomic E-state index is 11.9. The van der Waals surface area contributed by atoms with Crippen molar-refractivity contribution in [1.29, 1.82) is 0 Å². The minimum atomic E-state index is -0.837. The minimum Gasteiger partial charge on any atom is -0.319 e. The molecule has 1 aliphatic carbocycles. The van der Waals surface area contributed by atoms with Crippen LogP contribution in [0.15, 0.2) is 22.7 Å². The van der Waals surface area contributed by atoms with Crippen LogP contribution in [0.3, 0.4) is 0 Å². The Balaban J connectivity index is 2.18. The van der Waals surface area contributed by atoms with E-state index in [0.29, 0.717) is 6.42 Å². The molecule has 0 saturated carbocycles. The SMILES string of the molecule is O=C1NC(=O)C2(CCc3ccc(Br)cc32)N1. The molecule has 3 amide bonds. The molecule has 1 unspecified atom stereocenters. The fraction of sp³-hybridized carbons (Fsp3) is 0.273. The Bertz CT molecular complexity index is 515. The third-order valence-electron chi connectivity index (χ3n) is 3.24. The number of halogens is 1. The molecule has 2 aliphatic rings. The van der Waals surface area contributed by atoms with Crippen molar-refractivity contribution in [2.24, 2.45) is 0 Å². The smallest absolute Gasteiger partial charge is 0.319 e. The van der Waals surface area contributed by atoms with E-state index < -0.39 is 11.6 Å². The van der Waals surface area contributed by atoms with Crippen molar-refractivity contribution in [3.8, 4) is 0 Å². The molecular weight excluding hydrogens is 272 g/mol. The second kappa shape index (κ2) is 3.07. The van der Waals surface area contributed by atoms with Crippen LogP contribution in [-0.4, -0.2) is 11.9 Å². The van der Waals surface area contributed by atoms with Crippen LogP contribution in [-0.2, 0) is 16.8 Å². The number of imide groups is 1. The summed E-state index contributed by atoms with van der Waals surface area (Å²) in [4.78, 5) is 23.1. The highest BCUT2D eigenvalue weighted by atomic mass is 79.9. The normalized spacial score (nSPS) is 26.8. The molecule has 3 rings (SSSR count). The highest BCUT2D eigenvalue weighted by molar-refractivity contribution is 9.10. The summed E-state index contributed by atoms with van der Waals surface area (Å²) >= 11 is 3.39. The van der Waals surface area contributed by atoms with Crippen molar-refractivity contribution in [3.05, 3.63) is 33.8 Å². The van der Waals surface area contributed by atoms with Crippen molar-refractivity contribution in [2.75, 3.05) is 0 Å². The van der Waals surface area contributed by atoms with E-state index in [1.54, 1.807) is 0 Å². The summed E-state index contributed by atoms with van der Waals surface area (Å²) in [7, 11) is 0. The highest BCUT2D eigenvalue weighted by Crippen LogP contribution is 2.40. The Labute approximate surface area is 101 Å². The number of carbonyl (C=O) groups excluding carboxylic acids is 2. The molecule has 0 bridgehead atoms. The van der Waals surface area contributed by atoms with Gasteiger partial charge in [0.05, 0.1) is 0 Å². The zero-order chi connectivity index (χ0) is 11.3. The third kappa shape index (κ3) is 1.15. The van der Waals surface area contributed by atoms with Gasteiger partial charge in [0.1, 0.15) is 5.54 Å². The number of urea groups is 1. The summed E-state index contributed by atoms with van der Waals surface area (Å²) in [6.07, 6.45) is 1.45. The zero-order valence-electron chi connectivity index (χ0n) is 8.34. The molecule has 1 atom stereocenters. The lowest BCUT2D eigenvalue weighted by Crippen LogP contribution is -2.41. The monoisotopic (exact) mass is 280 g/mol. The molecule has 1 aromatic carbocycles. The fourth-order valence-corrected chi connectivity index (χ4v) is 2.84. The number of amides is 3. The van der Waals surface area contributed by atoms with Gasteiger partial charge in [0.2, 0.25) is 0 Å². The molecule has 1 heterocycles. The molecule has 1 aromatic rings. The van der Waals surface area contributed by atoms with Crippen LogP contribution >= 0.6 is 15.9 Å². The number of rotatable bonds is 0. The highest BCUT2D eigenvalue weighted by Gasteiger charge is 2.51. The number of nitrogens with one attached hydrogen (secondary N) is 2. The number of carbonyl (C=O) groups is 2. The van der Waals surface area contributed by atoms with E-state index in [9.17, 15) is 9.59 Å². The van der Waals surface area contributed by atoms with Crippen LogP contribution < -0.4 is 10.6 Å². The van der Waals surface area contributed by atoms with E-state index in [1.807, 2.05) is 18.2 Å². The van der Waals surface area contributed by atoms with E-state index in [4.69, 9.17) is 0 Å². The van der Waals surface area contributed by atoms with Gasteiger partial charge in [-0.1, -0.05) is 22.0 Å². The molecule has 1 aliphatic heterocycles. The van der Waals surface area contributed by atoms with Gasteiger partial charge >= 0.3 is 6.03 Å². The first kappa shape index (κ1) is 9.84. The second-order valence-electron chi connectivity index (χ2n) is 4.12. The van der Waals surface area contributed by atoms with Gasteiger partial charge in [0.15, 0.2) is 0 Å². The number of aryl methyl sites for hydroxylation is 1. The summed E-state index contributed by atoms with van der Waals surface area (Å²) in [5.41, 5.74) is 1.20. The molecule has 2 N–H and O–H groups in total. The Morgan fingerprint density at radius 1 is 1.31 bits per heavy atom. The van der Waals surface area contributed by atoms with Gasteiger partial charge in [-0.25, -0.2) is 4.79 Å². The van der Waals surface area contributed by atoms with Crippen molar-refractivity contribution in [1.82, 2.24) is 10.6 Å². The van der Waals surface area contributed by atoms with Gasteiger partial charge in [-0.3, -0.25) is 10.1 Å². The van der Waals surface area contributed by atoms with Crippen molar-refractivity contribution >= 4 is 27.9 Å². The van der Waals surface area contributed by atoms with E-state index in [0.717, 1.165) is 22.0 Å². The maximum Gasteiger partial charge on any atom is 0.322 e. The van der Waals surface area contributed by atoms with E-state index in [2.05, 4.69) is 26.6 Å². The molecule has 4 nitrogen and oxygen atoms in total. The molecule has 1 fully saturated rings. The maximum absolute atomic E-state index is 11.9. The van der Waals surface area contributed by atoms with Crippen LogP contribution in [0.1, 0.15) is 17.5 Å². The van der Waals surface area contributed by atoms with Gasteiger partial charge in [-0.15, -0.1) is 0 Å². The lowest BCUT2D eigenvalue weighted by atomic mass is 9.92. The van der Waals surface area contributed by atoms with E-state index in [1.165, 1.54) is 0 Å². The molecule has 1 saturated heterocycles. The first-order valence-electron chi connectivity index (χ1n) is 5.04. The van der Waals surface area contributed by atoms with E-state index >= 15 is 0 Å². The molecule has 5 heteroatoms. The Kier molecular flexibility index (Phi) is 1.89. The molecule has 0 radical (unpaired) electrons. The Morgan fingerprint density at radius 3 is 2.81 bits per heavy atom. The predicted octanol–water partition coefficient (Wildman–Crippen LogP) is 1.43. The third-order valence-corrected chi connectivity index (χ3v) is 3.74. The number of hydrogen-bond acceptors (Lipinski definition) is 2. The lowest BCUT2D eigenvalue weighted by molar-refractivity contribution is -0.124. The van der Waals surface area contributed by atoms with Crippen LogP contribution in [0.5, 0.6) is 0 Å². The Morgan fingerprint density at radius 2 is 2.12 bits per heavy atom. The fourth-order valence-electron chi connectivity index (χ4n) is 2.48. The number of fused-ring (bicyclic) bond motifs is 2. The minimum absolute atomic E-state index is 0.241. The van der Waals surface area contributed by atoms with Gasteiger partial charge < -0.3 is 5.32 Å². The summed E-state index contributed by atoms with van der Waals surface area (Å²) < 4.78 is 0.918. The topological polar surface area (TPSA) is 58.2 Å². The van der Waals surface area contributed by atoms with Crippen LogP contribution in [0.2, 0.25) is 0 Å². The average Bonchev–Trinajstić information content (AvgIpc) is 2.71. The number of benzene rings is 1. The molecule has 82 valence electrons. The van der Waals surface area contributed by atoms with Gasteiger partial charge in [-0.05, 0) is 36.1 Å². The van der Waals surface area contributed by atoms with Gasteiger partial charge in [-0.2, -0.15) is 0 Å². The van der Waals surface area contributed by atoms with Crippen LogP contribution in [0, 0.1) is 0 Å². The van der Waals surface area contributed by atoms with Gasteiger partial charge in [0.25, 0.3) is 5.91 Å². The number of hydrogen-bond donors (Lipinski definition) is 2. The summed E-state index contributed by atoms with van der Waals surface area (Å²) in [5, 5.41) is 5.05. The Hall–Kier alpha value is -1.36. The van der Waals surface area contributed by atoms with Crippen LogP contribution in [0.4, 0.5) is 4.79 Å². The average molecular weight is 281 g/mol. The lowest BCUT2D eigenvalue weighted by Gasteiger charge is -2.21. The van der Waals surface area contributed by atoms with Crippen molar-refractivity contribution in [2.45, 2.75) is 18.4 Å². The molecule has 16 heavy (non-hydrogen) atoms. The largest absolute Gasteiger partial charge is 0.322 e. The first-order valence-corrected chi connectivity index (χ1v) is 5.84. The quantitative estimate of drug-likeness (QED) is 0.707. The predicted molar refractivity (Wildman–Crippen MR) is 60.8 cm³/mol. The first-order chi connectivity index (χ1) is 7.62. The summed E-state index contributed by atoms with van der Waals surface area (Å²) in [6, 6.07) is 5.45. The second-order valence-corrected chi connectivity index (χ2v) is 5.03. The molecular formula is C11H9BrN2O2. The molecule has 0 aromatic heterocycles. The van der Waals surface area contributed by atoms with Crippen molar-refractivity contribution in [3.63, 3.8) is 0 Å². The zero-order valence-corrected chi connectivity index (χ0v) is 9.93. The van der Waals surface area contributed by atoms with Gasteiger partial charge in [0, 0.05) is 4.47 Å². The standard InChI is InChI=1S/C11H9BrN2O2/c12-7-2-1-6-3-4-11(8(6)5-7)9(15)13-10(16)14-11/h1-2,5H,3-4H2,(H2,13,14,15,16). The van der Waals surface area contributed by atoms with Crippen LogP contribution in [0.25, 0.3) is 0 Å².